The fraction of sp³-hybridized carbons (Fsp3) is 0.391. The van der Waals surface area contributed by atoms with Crippen LogP contribution in [0.2, 0.25) is 5.02 Å². The maximum Gasteiger partial charge on any atom is 0.328 e. The molecule has 1 aromatic carbocycles. The smallest absolute Gasteiger partial charge is 0.328 e. The number of carbonyl (C=O) groups is 2. The fourth-order valence-electron chi connectivity index (χ4n) is 3.56. The van der Waals surface area contributed by atoms with Gasteiger partial charge in [0.05, 0.1) is 12.8 Å². The molecule has 1 N–H and O–H groups in total. The van der Waals surface area contributed by atoms with Gasteiger partial charge in [-0.3, -0.25) is 4.79 Å². The van der Waals surface area contributed by atoms with E-state index in [-0.39, 0.29) is 18.2 Å². The SMILES string of the molecule is COC(=O)C(NC(=O)CCc1c(C)nc2cc(-c3ccc(Cl)cc3)nn2c1C)C(C)C. The Morgan fingerprint density at radius 1 is 1.19 bits per heavy atom. The third-order valence-corrected chi connectivity index (χ3v) is 5.60. The second-order valence-corrected chi connectivity index (χ2v) is 8.32. The second kappa shape index (κ2) is 9.47. The van der Waals surface area contributed by atoms with Crippen molar-refractivity contribution < 1.29 is 14.3 Å². The lowest BCUT2D eigenvalue weighted by Gasteiger charge is -2.20. The Kier molecular flexibility index (Phi) is 6.95. The number of nitrogens with zero attached hydrogens (tertiary/aromatic N) is 3. The standard InChI is InChI=1S/C23H27ClN4O3/c1-13(2)22(23(30)31-5)26-21(29)11-10-18-14(3)25-20-12-19(27-28(20)15(18)4)16-6-8-17(24)9-7-16/h6-9,12-13,22H,10-11H2,1-5H3,(H,26,29). The zero-order valence-electron chi connectivity index (χ0n) is 18.4. The number of aromatic nitrogens is 3. The quantitative estimate of drug-likeness (QED) is 0.560. The van der Waals surface area contributed by atoms with Gasteiger partial charge in [-0.05, 0) is 43.9 Å². The normalized spacial score (nSPS) is 12.2. The highest BCUT2D eigenvalue weighted by atomic mass is 35.5. The van der Waals surface area contributed by atoms with Crippen molar-refractivity contribution in [2.75, 3.05) is 7.11 Å². The molecule has 2 heterocycles. The number of aryl methyl sites for hydroxylation is 2. The van der Waals surface area contributed by atoms with Crippen LogP contribution in [0.5, 0.6) is 0 Å². The zero-order chi connectivity index (χ0) is 22.7. The first kappa shape index (κ1) is 22.7. The Bertz CT molecular complexity index is 1110. The molecule has 0 aliphatic heterocycles. The average molecular weight is 443 g/mol. The van der Waals surface area contributed by atoms with E-state index in [1.807, 2.05) is 58.0 Å². The maximum atomic E-state index is 12.5. The monoisotopic (exact) mass is 442 g/mol. The Hall–Kier alpha value is -2.93. The number of hydrogen-bond acceptors (Lipinski definition) is 5. The van der Waals surface area contributed by atoms with Gasteiger partial charge in [0.1, 0.15) is 6.04 Å². The summed E-state index contributed by atoms with van der Waals surface area (Å²) in [6.07, 6.45) is 0.731. The number of hydrogen-bond donors (Lipinski definition) is 1. The Morgan fingerprint density at radius 3 is 2.48 bits per heavy atom. The van der Waals surface area contributed by atoms with Gasteiger partial charge < -0.3 is 10.1 Å². The van der Waals surface area contributed by atoms with Gasteiger partial charge in [-0.15, -0.1) is 0 Å². The van der Waals surface area contributed by atoms with Crippen LogP contribution in [0, 0.1) is 19.8 Å². The third kappa shape index (κ3) is 5.05. The van der Waals surface area contributed by atoms with E-state index in [1.54, 1.807) is 4.52 Å². The summed E-state index contributed by atoms with van der Waals surface area (Å²) in [5.74, 6) is -0.705. The molecular formula is C23H27ClN4O3. The van der Waals surface area contributed by atoms with E-state index < -0.39 is 12.0 Å². The molecule has 0 radical (unpaired) electrons. The van der Waals surface area contributed by atoms with Crippen LogP contribution in [0.25, 0.3) is 16.9 Å². The molecule has 1 amide bonds. The number of ether oxygens (including phenoxy) is 1. The van der Waals surface area contributed by atoms with Gasteiger partial charge in [0.25, 0.3) is 0 Å². The number of carbonyl (C=O) groups excluding carboxylic acids is 2. The van der Waals surface area contributed by atoms with Crippen LogP contribution < -0.4 is 5.32 Å². The number of benzene rings is 1. The van der Waals surface area contributed by atoms with E-state index in [1.165, 1.54) is 7.11 Å². The van der Waals surface area contributed by atoms with Crippen molar-refractivity contribution in [3.8, 4) is 11.3 Å². The largest absolute Gasteiger partial charge is 0.467 e. The van der Waals surface area contributed by atoms with Crippen molar-refractivity contribution in [3.63, 3.8) is 0 Å². The first-order valence-electron chi connectivity index (χ1n) is 10.2. The van der Waals surface area contributed by atoms with E-state index in [4.69, 9.17) is 21.4 Å². The second-order valence-electron chi connectivity index (χ2n) is 7.88. The first-order valence-corrected chi connectivity index (χ1v) is 10.6. The molecule has 2 aromatic heterocycles. The van der Waals surface area contributed by atoms with Crippen molar-refractivity contribution in [1.82, 2.24) is 19.9 Å². The number of rotatable bonds is 7. The van der Waals surface area contributed by atoms with Gasteiger partial charge in [0, 0.05) is 34.5 Å². The number of nitrogens with one attached hydrogen (secondary N) is 1. The summed E-state index contributed by atoms with van der Waals surface area (Å²) in [5.41, 5.74) is 5.26. The third-order valence-electron chi connectivity index (χ3n) is 5.34. The molecule has 3 aromatic rings. The maximum absolute atomic E-state index is 12.5. The van der Waals surface area contributed by atoms with Crippen molar-refractivity contribution in [1.29, 1.82) is 0 Å². The Balaban J connectivity index is 1.80. The highest BCUT2D eigenvalue weighted by Crippen LogP contribution is 2.24. The van der Waals surface area contributed by atoms with Gasteiger partial charge in [-0.25, -0.2) is 14.3 Å². The summed E-state index contributed by atoms with van der Waals surface area (Å²) in [4.78, 5) is 29.0. The molecule has 0 saturated heterocycles. The predicted octanol–water partition coefficient (Wildman–Crippen LogP) is 3.91. The molecule has 0 spiro atoms. The van der Waals surface area contributed by atoms with Crippen LogP contribution >= 0.6 is 11.6 Å². The zero-order valence-corrected chi connectivity index (χ0v) is 19.2. The summed E-state index contributed by atoms with van der Waals surface area (Å²) in [5, 5.41) is 8.14. The van der Waals surface area contributed by atoms with Gasteiger partial charge in [0.15, 0.2) is 5.65 Å². The van der Waals surface area contributed by atoms with Gasteiger partial charge in [-0.2, -0.15) is 5.10 Å². The molecule has 0 aliphatic rings. The van der Waals surface area contributed by atoms with Crippen LogP contribution in [0.1, 0.15) is 37.2 Å². The molecule has 164 valence electrons. The molecular weight excluding hydrogens is 416 g/mol. The average Bonchev–Trinajstić information content (AvgIpc) is 3.15. The number of amides is 1. The number of fused-ring (bicyclic) bond motifs is 1. The summed E-state index contributed by atoms with van der Waals surface area (Å²) in [7, 11) is 1.32. The van der Waals surface area contributed by atoms with Crippen molar-refractivity contribution in [3.05, 3.63) is 52.3 Å². The minimum Gasteiger partial charge on any atom is -0.467 e. The minimum atomic E-state index is -0.659. The van der Waals surface area contributed by atoms with Gasteiger partial charge in [-0.1, -0.05) is 37.6 Å². The lowest BCUT2D eigenvalue weighted by molar-refractivity contribution is -0.146. The number of methoxy groups -OCH3 is 1. The predicted molar refractivity (Wildman–Crippen MR) is 120 cm³/mol. The first-order chi connectivity index (χ1) is 14.7. The van der Waals surface area contributed by atoms with E-state index in [0.717, 1.165) is 33.9 Å². The summed E-state index contributed by atoms with van der Waals surface area (Å²) in [6.45, 7) is 7.63. The lowest BCUT2D eigenvalue weighted by atomic mass is 10.0. The Labute approximate surface area is 186 Å². The molecule has 8 heteroatoms. The van der Waals surface area contributed by atoms with Crippen molar-refractivity contribution in [2.24, 2.45) is 5.92 Å². The summed E-state index contributed by atoms with van der Waals surface area (Å²) < 4.78 is 6.59. The Morgan fingerprint density at radius 2 is 1.87 bits per heavy atom. The van der Waals surface area contributed by atoms with E-state index in [9.17, 15) is 9.59 Å². The van der Waals surface area contributed by atoms with Crippen molar-refractivity contribution in [2.45, 2.75) is 46.6 Å². The molecule has 1 atom stereocenters. The van der Waals surface area contributed by atoms with Crippen LogP contribution in [0.4, 0.5) is 0 Å². The molecule has 31 heavy (non-hydrogen) atoms. The fourth-order valence-corrected chi connectivity index (χ4v) is 3.69. The molecule has 0 aliphatic carbocycles. The molecule has 0 saturated carbocycles. The van der Waals surface area contributed by atoms with Gasteiger partial charge >= 0.3 is 5.97 Å². The van der Waals surface area contributed by atoms with Crippen LogP contribution in [0.15, 0.2) is 30.3 Å². The number of halogens is 1. The van der Waals surface area contributed by atoms with Crippen molar-refractivity contribution >= 4 is 29.1 Å². The highest BCUT2D eigenvalue weighted by Gasteiger charge is 2.25. The molecule has 1 unspecified atom stereocenters. The summed E-state index contributed by atoms with van der Waals surface area (Å²) >= 11 is 5.98. The number of esters is 1. The van der Waals surface area contributed by atoms with Crippen LogP contribution in [-0.4, -0.2) is 39.6 Å². The molecule has 3 rings (SSSR count). The van der Waals surface area contributed by atoms with Crippen LogP contribution in [0.3, 0.4) is 0 Å². The van der Waals surface area contributed by atoms with Gasteiger partial charge in [0.2, 0.25) is 5.91 Å². The molecule has 0 fully saturated rings. The van der Waals surface area contributed by atoms with E-state index >= 15 is 0 Å². The highest BCUT2D eigenvalue weighted by molar-refractivity contribution is 6.30. The summed E-state index contributed by atoms with van der Waals surface area (Å²) in [6, 6.07) is 8.77. The van der Waals surface area contributed by atoms with E-state index in [2.05, 4.69) is 10.3 Å². The topological polar surface area (TPSA) is 85.6 Å². The van der Waals surface area contributed by atoms with Crippen LogP contribution in [-0.2, 0) is 20.7 Å². The molecule has 0 bridgehead atoms. The minimum absolute atomic E-state index is 0.0618. The lowest BCUT2D eigenvalue weighted by Crippen LogP contribution is -2.45. The molecule has 7 nitrogen and oxygen atoms in total. The van der Waals surface area contributed by atoms with E-state index in [0.29, 0.717) is 11.4 Å².